The van der Waals surface area contributed by atoms with Crippen molar-refractivity contribution in [2.75, 3.05) is 6.61 Å². The molecule has 38 heavy (non-hydrogen) atoms. The fourth-order valence-electron chi connectivity index (χ4n) is 3.85. The minimum absolute atomic E-state index is 0.248. The zero-order chi connectivity index (χ0) is 26.8. The molecule has 0 aliphatic rings. The van der Waals surface area contributed by atoms with Gasteiger partial charge in [-0.25, -0.2) is 9.78 Å². The number of carboxylic acids is 1. The van der Waals surface area contributed by atoms with Gasteiger partial charge in [0.15, 0.2) is 23.4 Å². The topological polar surface area (TPSA) is 116 Å². The molecule has 3 aromatic carbocycles. The number of carboxylic acid groups (broad SMARTS) is 1. The Morgan fingerprint density at radius 2 is 1.97 bits per heavy atom. The Kier molecular flexibility index (Phi) is 6.97. The van der Waals surface area contributed by atoms with Crippen molar-refractivity contribution in [3.05, 3.63) is 87.1 Å². The van der Waals surface area contributed by atoms with Crippen molar-refractivity contribution in [3.8, 4) is 23.1 Å². The predicted octanol–water partition coefficient (Wildman–Crippen LogP) is 5.71. The van der Waals surface area contributed by atoms with Crippen LogP contribution >= 0.6 is 15.9 Å². The summed E-state index contributed by atoms with van der Waals surface area (Å²) in [6.45, 7) is 3.59. The molecule has 0 unspecified atom stereocenters. The highest BCUT2D eigenvalue weighted by Crippen LogP contribution is 2.30. The van der Waals surface area contributed by atoms with Gasteiger partial charge in [-0.15, -0.1) is 0 Å². The van der Waals surface area contributed by atoms with Crippen LogP contribution in [0, 0.1) is 0 Å². The summed E-state index contributed by atoms with van der Waals surface area (Å²) in [6.07, 6.45) is 0.441. The molecule has 0 bridgehead atoms. The molecular weight excluding hydrogens is 554 g/mol. The standard InChI is InChI=1S/C28H22BrN3O6/c1-3-36-24-12-17(8-10-23(24)37-16(2)28(34)35)15-30-32-26(31-21-7-5-4-6-20(21)27(32)33)25-14-18-13-19(29)9-11-22(18)38-25/h4-16H,3H2,1-2H3,(H,34,35)/t16-/m0/s1. The van der Waals surface area contributed by atoms with Crippen molar-refractivity contribution < 1.29 is 23.8 Å². The summed E-state index contributed by atoms with van der Waals surface area (Å²) in [6, 6.07) is 19.4. The van der Waals surface area contributed by atoms with Crippen molar-refractivity contribution in [1.29, 1.82) is 0 Å². The molecule has 0 aliphatic heterocycles. The SMILES string of the molecule is CCOc1cc(C=Nn2c(-c3cc4cc(Br)ccc4o3)nc3ccccc3c2=O)ccc1O[C@@H](C)C(=O)O. The van der Waals surface area contributed by atoms with E-state index in [2.05, 4.69) is 26.0 Å². The van der Waals surface area contributed by atoms with Gasteiger partial charge in [-0.3, -0.25) is 4.79 Å². The summed E-state index contributed by atoms with van der Waals surface area (Å²) in [7, 11) is 0. The highest BCUT2D eigenvalue weighted by molar-refractivity contribution is 9.10. The molecule has 5 aromatic rings. The molecule has 0 amide bonds. The third-order valence-corrected chi connectivity index (χ3v) is 6.19. The van der Waals surface area contributed by atoms with E-state index in [0.717, 1.165) is 9.86 Å². The molecule has 9 nitrogen and oxygen atoms in total. The van der Waals surface area contributed by atoms with Gasteiger partial charge < -0.3 is 19.0 Å². The maximum Gasteiger partial charge on any atom is 0.344 e. The van der Waals surface area contributed by atoms with Crippen LogP contribution in [-0.2, 0) is 4.79 Å². The first-order valence-corrected chi connectivity index (χ1v) is 12.5. The van der Waals surface area contributed by atoms with Gasteiger partial charge in [0.2, 0.25) is 5.82 Å². The van der Waals surface area contributed by atoms with Gasteiger partial charge in [0, 0.05) is 9.86 Å². The van der Waals surface area contributed by atoms with E-state index >= 15 is 0 Å². The van der Waals surface area contributed by atoms with Gasteiger partial charge >= 0.3 is 5.97 Å². The first-order chi connectivity index (χ1) is 18.3. The molecule has 0 fully saturated rings. The first-order valence-electron chi connectivity index (χ1n) is 11.8. The molecule has 5 rings (SSSR count). The number of hydrogen-bond donors (Lipinski definition) is 1. The molecule has 10 heteroatoms. The predicted molar refractivity (Wildman–Crippen MR) is 147 cm³/mol. The summed E-state index contributed by atoms with van der Waals surface area (Å²) in [4.78, 5) is 29.4. The third kappa shape index (κ3) is 5.03. The molecule has 1 N–H and O–H groups in total. The van der Waals surface area contributed by atoms with Gasteiger partial charge in [-0.2, -0.15) is 9.78 Å². The average Bonchev–Trinajstić information content (AvgIpc) is 3.32. The number of benzene rings is 3. The van der Waals surface area contributed by atoms with E-state index in [9.17, 15) is 14.7 Å². The summed E-state index contributed by atoms with van der Waals surface area (Å²) >= 11 is 3.46. The largest absolute Gasteiger partial charge is 0.490 e. The summed E-state index contributed by atoms with van der Waals surface area (Å²) in [5.41, 5.74) is 1.41. The van der Waals surface area contributed by atoms with Crippen LogP contribution in [0.15, 0.2) is 85.5 Å². The number of aliphatic carboxylic acids is 1. The van der Waals surface area contributed by atoms with Crippen LogP contribution in [0.5, 0.6) is 11.5 Å². The van der Waals surface area contributed by atoms with E-state index in [4.69, 9.17) is 13.9 Å². The zero-order valence-electron chi connectivity index (χ0n) is 20.4. The second kappa shape index (κ2) is 10.5. The van der Waals surface area contributed by atoms with Gasteiger partial charge in [-0.1, -0.05) is 28.1 Å². The van der Waals surface area contributed by atoms with Crippen molar-refractivity contribution in [3.63, 3.8) is 0 Å². The Balaban J connectivity index is 1.60. The lowest BCUT2D eigenvalue weighted by Crippen LogP contribution is -2.23. The molecule has 0 saturated carbocycles. The van der Waals surface area contributed by atoms with E-state index in [1.54, 1.807) is 36.4 Å². The molecule has 0 radical (unpaired) electrons. The second-order valence-corrected chi connectivity index (χ2v) is 9.26. The average molecular weight is 576 g/mol. The molecular formula is C28H22BrN3O6. The lowest BCUT2D eigenvalue weighted by molar-refractivity contribution is -0.144. The van der Waals surface area contributed by atoms with Gasteiger partial charge in [-0.05, 0) is 74.0 Å². The molecule has 0 spiro atoms. The Labute approximate surface area is 225 Å². The number of para-hydroxylation sites is 1. The molecule has 2 aromatic heterocycles. The number of hydrogen-bond acceptors (Lipinski definition) is 7. The highest BCUT2D eigenvalue weighted by Gasteiger charge is 2.18. The van der Waals surface area contributed by atoms with Crippen molar-refractivity contribution in [2.24, 2.45) is 5.10 Å². The fraction of sp³-hybridized carbons (Fsp3) is 0.143. The van der Waals surface area contributed by atoms with Crippen molar-refractivity contribution >= 4 is 50.0 Å². The molecule has 0 aliphatic carbocycles. The summed E-state index contributed by atoms with van der Waals surface area (Å²) in [5, 5.41) is 14.9. The number of carbonyl (C=O) groups is 1. The fourth-order valence-corrected chi connectivity index (χ4v) is 4.23. The molecule has 1 atom stereocenters. The van der Waals surface area contributed by atoms with Crippen LogP contribution in [0.4, 0.5) is 0 Å². The minimum atomic E-state index is -1.09. The van der Waals surface area contributed by atoms with Gasteiger partial charge in [0.1, 0.15) is 5.58 Å². The van der Waals surface area contributed by atoms with E-state index < -0.39 is 12.1 Å². The number of rotatable bonds is 8. The number of furan rings is 1. The molecule has 192 valence electrons. The van der Waals surface area contributed by atoms with E-state index in [0.29, 0.717) is 40.2 Å². The Hall–Kier alpha value is -4.44. The highest BCUT2D eigenvalue weighted by atomic mass is 79.9. The quantitative estimate of drug-likeness (QED) is 0.236. The smallest absolute Gasteiger partial charge is 0.344 e. The number of fused-ring (bicyclic) bond motifs is 2. The third-order valence-electron chi connectivity index (χ3n) is 5.69. The van der Waals surface area contributed by atoms with Gasteiger partial charge in [0.05, 0.1) is 23.7 Å². The van der Waals surface area contributed by atoms with E-state index in [1.807, 2.05) is 37.3 Å². The normalized spacial score (nSPS) is 12.3. The monoisotopic (exact) mass is 575 g/mol. The van der Waals surface area contributed by atoms with Crippen molar-refractivity contribution in [1.82, 2.24) is 9.66 Å². The van der Waals surface area contributed by atoms with Gasteiger partial charge in [0.25, 0.3) is 5.56 Å². The maximum atomic E-state index is 13.5. The first kappa shape index (κ1) is 25.2. The summed E-state index contributed by atoms with van der Waals surface area (Å²) in [5.74, 6) is 0.193. The van der Waals surface area contributed by atoms with Crippen LogP contribution in [0.3, 0.4) is 0 Å². The van der Waals surface area contributed by atoms with E-state index in [-0.39, 0.29) is 17.1 Å². The Morgan fingerprint density at radius 1 is 1.16 bits per heavy atom. The molecule has 2 heterocycles. The minimum Gasteiger partial charge on any atom is -0.490 e. The lowest BCUT2D eigenvalue weighted by atomic mass is 10.2. The van der Waals surface area contributed by atoms with Crippen LogP contribution in [0.25, 0.3) is 33.5 Å². The van der Waals surface area contributed by atoms with E-state index in [1.165, 1.54) is 17.8 Å². The number of aromatic nitrogens is 2. The zero-order valence-corrected chi connectivity index (χ0v) is 22.0. The maximum absolute atomic E-state index is 13.5. The molecule has 0 saturated heterocycles. The Morgan fingerprint density at radius 3 is 2.76 bits per heavy atom. The van der Waals surface area contributed by atoms with Crippen LogP contribution in [-0.4, -0.2) is 39.7 Å². The van der Waals surface area contributed by atoms with Crippen molar-refractivity contribution in [2.45, 2.75) is 20.0 Å². The lowest BCUT2D eigenvalue weighted by Gasteiger charge is -2.15. The van der Waals surface area contributed by atoms with Crippen LogP contribution in [0.1, 0.15) is 19.4 Å². The number of halogens is 1. The number of nitrogens with zero attached hydrogens (tertiary/aromatic N) is 3. The second-order valence-electron chi connectivity index (χ2n) is 8.34. The number of ether oxygens (including phenoxy) is 2. The van der Waals surface area contributed by atoms with Crippen LogP contribution in [0.2, 0.25) is 0 Å². The van der Waals surface area contributed by atoms with Crippen LogP contribution < -0.4 is 15.0 Å². The Bertz CT molecular complexity index is 1760. The summed E-state index contributed by atoms with van der Waals surface area (Å²) < 4.78 is 19.3.